The molecule has 7 rings (SSSR count). The fourth-order valence-corrected chi connectivity index (χ4v) is 7.60. The number of hydrogen-bond acceptors (Lipinski definition) is 7. The topological polar surface area (TPSA) is 124 Å². The van der Waals surface area contributed by atoms with E-state index in [1.165, 1.54) is 0 Å². The molecule has 0 saturated carbocycles. The van der Waals surface area contributed by atoms with E-state index in [0.29, 0.717) is 24.0 Å². The molecular formula is C40H39B2N2O6+. The van der Waals surface area contributed by atoms with Gasteiger partial charge in [0.15, 0.2) is 12.3 Å². The van der Waals surface area contributed by atoms with Crippen LogP contribution < -0.4 is 15.8 Å². The first kappa shape index (κ1) is 33.5. The summed E-state index contributed by atoms with van der Waals surface area (Å²) in [7, 11) is -3.17. The quantitative estimate of drug-likeness (QED) is 0.110. The van der Waals surface area contributed by atoms with E-state index >= 15 is 0 Å². The highest BCUT2D eigenvalue weighted by Crippen LogP contribution is 2.50. The standard InChI is InChI=1S/C40H38B2N2O6/c1-39(2)31-15-5-7-17-33(31)43(23-25-11-9-13-27(19-25)41(47)48)35(39)21-29-37(45)30(38(29)46)22-36-40(3,4)32-16-6-8-18-34(32)44(36)24-26-12-10-14-28(20-26)42(49)50/h5-22,47-50H,23-24H2,1-4H3/p+1. The number of rotatable bonds is 8. The van der Waals surface area contributed by atoms with Gasteiger partial charge in [-0.15, -0.1) is 0 Å². The maximum atomic E-state index is 14.0. The summed E-state index contributed by atoms with van der Waals surface area (Å²) in [4.78, 5) is 16.1. The highest BCUT2D eigenvalue weighted by molar-refractivity contribution is 6.59. The van der Waals surface area contributed by atoms with Crippen LogP contribution in [0.1, 0.15) is 49.9 Å². The molecular weight excluding hydrogens is 626 g/mol. The number of benzene rings is 4. The molecule has 2 heterocycles. The lowest BCUT2D eigenvalue weighted by Gasteiger charge is -2.29. The highest BCUT2D eigenvalue weighted by Gasteiger charge is 2.47. The van der Waals surface area contributed by atoms with Crippen molar-refractivity contribution in [3.05, 3.63) is 154 Å². The molecule has 0 fully saturated rings. The number of carbonyl (C=O) groups excluding carboxylic acids is 1. The van der Waals surface area contributed by atoms with Gasteiger partial charge in [-0.25, -0.2) is 0 Å². The molecule has 0 amide bonds. The van der Waals surface area contributed by atoms with Crippen molar-refractivity contribution in [3.63, 3.8) is 0 Å². The van der Waals surface area contributed by atoms with Crippen LogP contribution in [0.2, 0.25) is 0 Å². The Labute approximate surface area is 292 Å². The van der Waals surface area contributed by atoms with Gasteiger partial charge in [0.2, 0.25) is 11.5 Å². The fraction of sp³-hybridized carbons (Fsp3) is 0.200. The Balaban J connectivity index is 1.30. The summed E-state index contributed by atoms with van der Waals surface area (Å²) < 4.78 is 2.12. The molecule has 0 bridgehead atoms. The molecule has 10 heteroatoms. The van der Waals surface area contributed by atoms with Gasteiger partial charge >= 0.3 is 14.2 Å². The molecule has 0 unspecified atom stereocenters. The number of anilines is 1. The first-order valence-corrected chi connectivity index (χ1v) is 16.7. The van der Waals surface area contributed by atoms with E-state index in [9.17, 15) is 30.0 Å². The Morgan fingerprint density at radius 2 is 1.32 bits per heavy atom. The van der Waals surface area contributed by atoms with Gasteiger partial charge in [-0.2, -0.15) is 4.58 Å². The number of nitrogens with zero attached hydrogens (tertiary/aromatic N) is 2. The number of Topliss-reactive ketones (excluding diaryl/α,β-unsaturated/α-hetero) is 1. The summed E-state index contributed by atoms with van der Waals surface area (Å²) >= 11 is 0. The van der Waals surface area contributed by atoms with Crippen molar-refractivity contribution in [2.45, 2.75) is 51.6 Å². The average molecular weight is 665 g/mol. The second-order valence-electron chi connectivity index (χ2n) is 14.3. The number of ketones is 1. The zero-order valence-corrected chi connectivity index (χ0v) is 28.5. The molecule has 250 valence electrons. The molecule has 0 aromatic heterocycles. The van der Waals surface area contributed by atoms with Gasteiger partial charge in [0, 0.05) is 46.6 Å². The van der Waals surface area contributed by atoms with Crippen LogP contribution in [0.3, 0.4) is 0 Å². The monoisotopic (exact) mass is 665 g/mol. The van der Waals surface area contributed by atoms with Gasteiger partial charge < -0.3 is 30.1 Å². The number of allylic oxidation sites excluding steroid dienone is 5. The minimum absolute atomic E-state index is 0.0655. The van der Waals surface area contributed by atoms with Crippen LogP contribution in [0.15, 0.2) is 132 Å². The van der Waals surface area contributed by atoms with Gasteiger partial charge in [0.05, 0.1) is 16.6 Å². The Hall–Kier alpha value is -4.99. The molecule has 50 heavy (non-hydrogen) atoms. The number of para-hydroxylation sites is 2. The summed E-state index contributed by atoms with van der Waals surface area (Å²) in [5.74, 6) is -0.319. The summed E-state index contributed by atoms with van der Waals surface area (Å²) in [5, 5.41) is 50.7. The van der Waals surface area contributed by atoms with Gasteiger partial charge in [-0.05, 0) is 48.0 Å². The van der Waals surface area contributed by atoms with E-state index in [-0.39, 0.29) is 22.7 Å². The largest absolute Gasteiger partial charge is 0.506 e. The number of aliphatic hydroxyl groups is 1. The minimum atomic E-state index is -1.59. The second-order valence-corrected chi connectivity index (χ2v) is 14.3. The van der Waals surface area contributed by atoms with E-state index in [1.54, 1.807) is 48.6 Å². The van der Waals surface area contributed by atoms with Crippen LogP contribution in [0.25, 0.3) is 0 Å². The average Bonchev–Trinajstić information content (AvgIpc) is 3.44. The Bertz CT molecular complexity index is 2180. The van der Waals surface area contributed by atoms with Gasteiger partial charge in [0.25, 0.3) is 0 Å². The highest BCUT2D eigenvalue weighted by atomic mass is 16.4. The normalized spacial score (nSPS) is 18.9. The Kier molecular flexibility index (Phi) is 8.31. The lowest BCUT2D eigenvalue weighted by Crippen LogP contribution is -2.32. The molecule has 0 atom stereocenters. The molecule has 2 aliphatic heterocycles. The molecule has 3 aliphatic rings. The van der Waals surface area contributed by atoms with Crippen LogP contribution >= 0.6 is 0 Å². The summed E-state index contributed by atoms with van der Waals surface area (Å²) in [6.07, 6.45) is 3.59. The SMILES string of the molecule is CC1(C)C(/C=C2\C(=O)C(/C=C3\N(Cc4cccc(B(O)O)c4)c4ccccc4C3(C)C)=C2O)=[N+](Cc2cccc(B(O)O)c2)c2ccccc21. The van der Waals surface area contributed by atoms with Crippen molar-refractivity contribution in [2.24, 2.45) is 0 Å². The van der Waals surface area contributed by atoms with Crippen molar-refractivity contribution in [3.8, 4) is 0 Å². The van der Waals surface area contributed by atoms with Crippen molar-refractivity contribution in [2.75, 3.05) is 4.90 Å². The van der Waals surface area contributed by atoms with Crippen LogP contribution in [0.4, 0.5) is 11.4 Å². The third-order valence-electron chi connectivity index (χ3n) is 10.3. The third kappa shape index (κ3) is 5.54. The van der Waals surface area contributed by atoms with Crippen LogP contribution in [0, 0.1) is 0 Å². The predicted molar refractivity (Wildman–Crippen MR) is 197 cm³/mol. The van der Waals surface area contributed by atoms with Crippen molar-refractivity contribution < 1.29 is 34.6 Å². The predicted octanol–water partition coefficient (Wildman–Crippen LogP) is 3.83. The zero-order valence-electron chi connectivity index (χ0n) is 28.5. The molecule has 4 aromatic rings. The zero-order chi connectivity index (χ0) is 35.5. The molecule has 1 aliphatic carbocycles. The number of carbonyl (C=O) groups is 1. The first-order valence-electron chi connectivity index (χ1n) is 16.7. The Morgan fingerprint density at radius 3 is 1.98 bits per heavy atom. The summed E-state index contributed by atoms with van der Waals surface area (Å²) in [5.41, 5.74) is 7.84. The maximum Gasteiger partial charge on any atom is 0.488 e. The number of aliphatic hydroxyl groups excluding tert-OH is 1. The molecule has 8 nitrogen and oxygen atoms in total. The van der Waals surface area contributed by atoms with Crippen molar-refractivity contribution in [1.82, 2.24) is 0 Å². The van der Waals surface area contributed by atoms with Crippen LogP contribution in [-0.4, -0.2) is 55.5 Å². The molecule has 0 spiro atoms. The van der Waals surface area contributed by atoms with Gasteiger partial charge in [-0.1, -0.05) is 98.8 Å². The molecule has 5 N–H and O–H groups in total. The van der Waals surface area contributed by atoms with Gasteiger partial charge in [0.1, 0.15) is 5.76 Å². The maximum absolute atomic E-state index is 14.0. The summed E-state index contributed by atoms with van der Waals surface area (Å²) in [6.45, 7) is 9.23. The summed E-state index contributed by atoms with van der Waals surface area (Å²) in [6, 6.07) is 30.4. The number of hydrogen-bond donors (Lipinski definition) is 5. The van der Waals surface area contributed by atoms with Crippen molar-refractivity contribution >= 4 is 48.0 Å². The molecule has 4 aromatic carbocycles. The second kappa shape index (κ2) is 12.4. The van der Waals surface area contributed by atoms with E-state index in [1.807, 2.05) is 48.5 Å². The van der Waals surface area contributed by atoms with Crippen molar-refractivity contribution in [1.29, 1.82) is 0 Å². The van der Waals surface area contributed by atoms with E-state index in [4.69, 9.17) is 0 Å². The Morgan fingerprint density at radius 1 is 0.720 bits per heavy atom. The minimum Gasteiger partial charge on any atom is -0.506 e. The van der Waals surface area contributed by atoms with E-state index < -0.39 is 25.1 Å². The van der Waals surface area contributed by atoms with E-state index in [0.717, 1.165) is 45.0 Å². The number of fused-ring (bicyclic) bond motifs is 2. The first-order chi connectivity index (χ1) is 23.8. The lowest BCUT2D eigenvalue weighted by molar-refractivity contribution is -0.455. The van der Waals surface area contributed by atoms with E-state index in [2.05, 4.69) is 49.3 Å². The van der Waals surface area contributed by atoms with Crippen LogP contribution in [0.5, 0.6) is 0 Å². The smallest absolute Gasteiger partial charge is 0.488 e. The molecule has 0 saturated heterocycles. The molecule has 0 radical (unpaired) electrons. The third-order valence-corrected chi connectivity index (χ3v) is 10.3. The fourth-order valence-electron chi connectivity index (χ4n) is 7.60. The van der Waals surface area contributed by atoms with Crippen LogP contribution in [-0.2, 0) is 28.7 Å². The lowest BCUT2D eigenvalue weighted by atomic mass is 9.77. The van der Waals surface area contributed by atoms with Gasteiger partial charge in [-0.3, -0.25) is 4.79 Å².